The van der Waals surface area contributed by atoms with Crippen LogP contribution in [-0.4, -0.2) is 37.1 Å². The molecule has 0 aromatic carbocycles. The molecular formula is C30H49NO2. The van der Waals surface area contributed by atoms with E-state index in [2.05, 4.69) is 58.7 Å². The van der Waals surface area contributed by atoms with Crippen LogP contribution in [0.5, 0.6) is 0 Å². The third-order valence-corrected chi connectivity index (χ3v) is 10.7. The summed E-state index contributed by atoms with van der Waals surface area (Å²) in [6.07, 6.45) is 16.7. The molecule has 4 fully saturated rings. The Morgan fingerprint density at radius 2 is 1.76 bits per heavy atom. The van der Waals surface area contributed by atoms with Crippen molar-refractivity contribution in [1.29, 1.82) is 0 Å². The van der Waals surface area contributed by atoms with E-state index in [-0.39, 0.29) is 0 Å². The molecule has 2 unspecified atom stereocenters. The number of nitrogens with zero attached hydrogens (tertiary/aromatic N) is 1. The van der Waals surface area contributed by atoms with Crippen molar-refractivity contribution >= 4 is 5.91 Å². The first-order chi connectivity index (χ1) is 15.7. The van der Waals surface area contributed by atoms with Gasteiger partial charge in [0, 0.05) is 19.5 Å². The molecule has 0 aromatic rings. The van der Waals surface area contributed by atoms with Crippen molar-refractivity contribution in [2.24, 2.45) is 34.5 Å². The Balaban J connectivity index is 1.34. The highest BCUT2D eigenvalue weighted by molar-refractivity contribution is 5.77. The second-order valence-electron chi connectivity index (χ2n) is 12.7. The minimum absolute atomic E-state index is 0.329. The number of rotatable bonds is 7. The summed E-state index contributed by atoms with van der Waals surface area (Å²) < 4.78 is 6.26. The molecule has 7 atom stereocenters. The van der Waals surface area contributed by atoms with Crippen LogP contribution in [-0.2, 0) is 9.53 Å². The van der Waals surface area contributed by atoms with Gasteiger partial charge in [0.25, 0.3) is 0 Å². The van der Waals surface area contributed by atoms with Gasteiger partial charge in [-0.15, -0.1) is 0 Å². The quantitative estimate of drug-likeness (QED) is 0.301. The summed E-state index contributed by atoms with van der Waals surface area (Å²) >= 11 is 0. The molecule has 1 saturated heterocycles. The average molecular weight is 456 g/mol. The number of fused-ring (bicyclic) bond motifs is 5. The summed E-state index contributed by atoms with van der Waals surface area (Å²) in [5.74, 6) is 3.59. The first-order valence-electron chi connectivity index (χ1n) is 13.8. The Morgan fingerprint density at radius 3 is 2.52 bits per heavy atom. The van der Waals surface area contributed by atoms with E-state index in [0.717, 1.165) is 56.7 Å². The number of carbonyl (C=O) groups is 1. The molecule has 186 valence electrons. The van der Waals surface area contributed by atoms with Gasteiger partial charge >= 0.3 is 0 Å². The molecule has 0 spiro atoms. The molecule has 0 N–H and O–H groups in total. The third-order valence-electron chi connectivity index (χ3n) is 10.7. The van der Waals surface area contributed by atoms with Crippen LogP contribution in [0.2, 0.25) is 0 Å². The maximum atomic E-state index is 12.4. The molecule has 1 amide bonds. The normalized spacial score (nSPS) is 40.8. The van der Waals surface area contributed by atoms with Gasteiger partial charge in [-0.3, -0.25) is 4.79 Å². The predicted molar refractivity (Wildman–Crippen MR) is 137 cm³/mol. The standard InChI is InChI=1S/C30H49NO2/c1-21(2)8-7-9-22(3)16-19-33-20-23-10-12-25-24-11-13-27-30(5,18-15-28(32)31(27)6)26(24)14-17-29(23,25)4/h8,16,23-27H,7,9-15,17-20H2,1-6H3/t23?,24-,25-,26+,27?,29+,30+/m0/s1. The Kier molecular flexibility index (Phi) is 7.49. The zero-order chi connectivity index (χ0) is 23.8. The summed E-state index contributed by atoms with van der Waals surface area (Å²) in [6.45, 7) is 13.4. The van der Waals surface area contributed by atoms with Gasteiger partial charge in [-0.05, 0) is 113 Å². The van der Waals surface area contributed by atoms with Crippen molar-refractivity contribution in [3.05, 3.63) is 23.3 Å². The van der Waals surface area contributed by atoms with E-state index in [1.807, 2.05) is 0 Å². The van der Waals surface area contributed by atoms with Gasteiger partial charge in [0.05, 0.1) is 13.2 Å². The van der Waals surface area contributed by atoms with Crippen LogP contribution < -0.4 is 0 Å². The lowest BCUT2D eigenvalue weighted by molar-refractivity contribution is -0.158. The van der Waals surface area contributed by atoms with Crippen molar-refractivity contribution < 1.29 is 9.53 Å². The lowest BCUT2D eigenvalue weighted by Crippen LogP contribution is -2.61. The molecule has 33 heavy (non-hydrogen) atoms. The number of amides is 1. The second-order valence-corrected chi connectivity index (χ2v) is 12.7. The van der Waals surface area contributed by atoms with Crippen LogP contribution in [0.3, 0.4) is 0 Å². The van der Waals surface area contributed by atoms with E-state index in [4.69, 9.17) is 4.74 Å². The molecule has 3 saturated carbocycles. The van der Waals surface area contributed by atoms with Crippen LogP contribution in [0.4, 0.5) is 0 Å². The Labute approximate surface area is 203 Å². The third kappa shape index (κ3) is 4.73. The average Bonchev–Trinajstić information content (AvgIpc) is 3.10. The zero-order valence-electron chi connectivity index (χ0n) is 22.3. The molecule has 0 radical (unpaired) electrons. The topological polar surface area (TPSA) is 29.5 Å². The smallest absolute Gasteiger partial charge is 0.222 e. The molecule has 1 heterocycles. The highest BCUT2D eigenvalue weighted by Gasteiger charge is 2.61. The first kappa shape index (κ1) is 25.0. The van der Waals surface area contributed by atoms with Crippen molar-refractivity contribution in [2.45, 2.75) is 105 Å². The highest BCUT2D eigenvalue weighted by atomic mass is 16.5. The fourth-order valence-electron chi connectivity index (χ4n) is 8.64. The van der Waals surface area contributed by atoms with E-state index in [0.29, 0.717) is 28.7 Å². The van der Waals surface area contributed by atoms with E-state index in [9.17, 15) is 4.79 Å². The summed E-state index contributed by atoms with van der Waals surface area (Å²) in [5.41, 5.74) is 3.63. The first-order valence-corrected chi connectivity index (χ1v) is 13.8. The van der Waals surface area contributed by atoms with Gasteiger partial charge in [-0.25, -0.2) is 0 Å². The summed E-state index contributed by atoms with van der Waals surface area (Å²) in [4.78, 5) is 14.5. The minimum atomic E-state index is 0.329. The molecular weight excluding hydrogens is 406 g/mol. The Hall–Kier alpha value is -1.09. The molecule has 3 heteroatoms. The molecule has 3 aliphatic carbocycles. The van der Waals surface area contributed by atoms with Gasteiger partial charge in [0.15, 0.2) is 0 Å². The van der Waals surface area contributed by atoms with Crippen LogP contribution >= 0.6 is 0 Å². The number of allylic oxidation sites excluding steroid dienone is 3. The van der Waals surface area contributed by atoms with Crippen LogP contribution in [0.1, 0.15) is 98.8 Å². The highest BCUT2D eigenvalue weighted by Crippen LogP contribution is 2.66. The number of piperidine rings is 1. The SMILES string of the molecule is CC(C)=CCCC(C)=CCOCC1CC[C@H]2[C@@H]3CCC4N(C)C(=O)CC[C@]4(C)[C@@H]3CC[C@]12C. The lowest BCUT2D eigenvalue weighted by Gasteiger charge is -2.61. The molecule has 0 aromatic heterocycles. The van der Waals surface area contributed by atoms with Gasteiger partial charge in [-0.2, -0.15) is 0 Å². The Bertz CT molecular complexity index is 780. The van der Waals surface area contributed by atoms with E-state index in [1.165, 1.54) is 49.7 Å². The summed E-state index contributed by atoms with van der Waals surface area (Å²) in [7, 11) is 2.07. The maximum absolute atomic E-state index is 12.4. The largest absolute Gasteiger partial charge is 0.377 e. The van der Waals surface area contributed by atoms with Crippen LogP contribution in [0.25, 0.3) is 0 Å². The minimum Gasteiger partial charge on any atom is -0.377 e. The summed E-state index contributed by atoms with van der Waals surface area (Å²) in [6, 6.07) is 0.469. The van der Waals surface area contributed by atoms with Crippen LogP contribution in [0, 0.1) is 34.5 Å². The van der Waals surface area contributed by atoms with Gasteiger partial charge in [-0.1, -0.05) is 37.1 Å². The zero-order valence-corrected chi connectivity index (χ0v) is 22.3. The van der Waals surface area contributed by atoms with Gasteiger partial charge in [0.2, 0.25) is 5.91 Å². The molecule has 3 nitrogen and oxygen atoms in total. The fraction of sp³-hybridized carbons (Fsp3) is 0.833. The van der Waals surface area contributed by atoms with Crippen molar-refractivity contribution in [1.82, 2.24) is 4.90 Å². The predicted octanol–water partition coefficient (Wildman–Crippen LogP) is 7.18. The van der Waals surface area contributed by atoms with Gasteiger partial charge < -0.3 is 9.64 Å². The van der Waals surface area contributed by atoms with Gasteiger partial charge in [0.1, 0.15) is 0 Å². The molecule has 4 rings (SSSR count). The number of likely N-dealkylation sites (tertiary alicyclic amines) is 1. The van der Waals surface area contributed by atoms with E-state index < -0.39 is 0 Å². The number of carbonyl (C=O) groups excluding carboxylic acids is 1. The van der Waals surface area contributed by atoms with E-state index in [1.54, 1.807) is 0 Å². The molecule has 1 aliphatic heterocycles. The fourth-order valence-corrected chi connectivity index (χ4v) is 8.64. The molecule has 0 bridgehead atoms. The van der Waals surface area contributed by atoms with E-state index >= 15 is 0 Å². The van der Waals surface area contributed by atoms with Crippen LogP contribution in [0.15, 0.2) is 23.3 Å². The second kappa shape index (κ2) is 9.88. The number of hydrogen-bond donors (Lipinski definition) is 0. The monoisotopic (exact) mass is 455 g/mol. The Morgan fingerprint density at radius 1 is 1.00 bits per heavy atom. The number of hydrogen-bond acceptors (Lipinski definition) is 2. The van der Waals surface area contributed by atoms with Crippen molar-refractivity contribution in [3.63, 3.8) is 0 Å². The van der Waals surface area contributed by atoms with Crippen molar-refractivity contribution in [3.8, 4) is 0 Å². The number of ether oxygens (including phenoxy) is 1. The van der Waals surface area contributed by atoms with Crippen molar-refractivity contribution in [2.75, 3.05) is 20.3 Å². The molecule has 4 aliphatic rings. The maximum Gasteiger partial charge on any atom is 0.222 e. The summed E-state index contributed by atoms with van der Waals surface area (Å²) in [5, 5.41) is 0. The lowest BCUT2D eigenvalue weighted by atomic mass is 9.47.